The average molecular weight is 356 g/mol. The lowest BCUT2D eigenvalue weighted by atomic mass is 9.98. The summed E-state index contributed by atoms with van der Waals surface area (Å²) in [6.45, 7) is 0.970. The van der Waals surface area contributed by atoms with Crippen LogP contribution in [0.2, 0.25) is 0 Å². The smallest absolute Gasteiger partial charge is 0.224 e. The van der Waals surface area contributed by atoms with E-state index in [0.29, 0.717) is 30.9 Å². The standard InChI is InChI=1S/C16H24N2O5S/c1-22-14-7-4-8-15(23-2)13(14)10-17-16(19)12-6-5-9-18(11-12)24(3,20)21/h4,7-8,12H,5-6,9-11H2,1-3H3,(H,17,19)/t12-/m1/s1. The van der Waals surface area contributed by atoms with Gasteiger partial charge in [0, 0.05) is 13.1 Å². The molecular formula is C16H24N2O5S. The van der Waals surface area contributed by atoms with Crippen molar-refractivity contribution in [2.45, 2.75) is 19.4 Å². The molecule has 0 aliphatic carbocycles. The molecule has 0 radical (unpaired) electrons. The number of amides is 1. The molecule has 1 amide bonds. The lowest BCUT2D eigenvalue weighted by Gasteiger charge is -2.30. The molecule has 0 aromatic heterocycles. The normalized spacial score (nSPS) is 18.9. The monoisotopic (exact) mass is 356 g/mol. The van der Waals surface area contributed by atoms with Gasteiger partial charge >= 0.3 is 0 Å². The van der Waals surface area contributed by atoms with Crippen molar-refractivity contribution in [2.24, 2.45) is 5.92 Å². The van der Waals surface area contributed by atoms with Crippen LogP contribution in [-0.2, 0) is 21.4 Å². The summed E-state index contributed by atoms with van der Waals surface area (Å²) in [6, 6.07) is 5.42. The van der Waals surface area contributed by atoms with Crippen molar-refractivity contribution in [2.75, 3.05) is 33.6 Å². The van der Waals surface area contributed by atoms with Gasteiger partial charge in [0.2, 0.25) is 15.9 Å². The summed E-state index contributed by atoms with van der Waals surface area (Å²) in [5, 5.41) is 2.87. The van der Waals surface area contributed by atoms with Crippen LogP contribution < -0.4 is 14.8 Å². The summed E-state index contributed by atoms with van der Waals surface area (Å²) >= 11 is 0. The molecule has 24 heavy (non-hydrogen) atoms. The predicted octanol–water partition coefficient (Wildman–Crippen LogP) is 0.992. The molecule has 0 bridgehead atoms. The Kier molecular flexibility index (Phi) is 6.06. The Morgan fingerprint density at radius 2 is 1.92 bits per heavy atom. The maximum Gasteiger partial charge on any atom is 0.224 e. The summed E-state index contributed by atoms with van der Waals surface area (Å²) in [5.41, 5.74) is 0.756. The minimum atomic E-state index is -3.27. The highest BCUT2D eigenvalue weighted by Crippen LogP contribution is 2.28. The summed E-state index contributed by atoms with van der Waals surface area (Å²) in [5.74, 6) is 0.776. The second kappa shape index (κ2) is 7.85. The van der Waals surface area contributed by atoms with Gasteiger partial charge in [-0.2, -0.15) is 0 Å². The van der Waals surface area contributed by atoms with E-state index < -0.39 is 10.0 Å². The second-order valence-electron chi connectivity index (χ2n) is 5.82. The number of methoxy groups -OCH3 is 2. The van der Waals surface area contributed by atoms with Crippen molar-refractivity contribution in [3.8, 4) is 11.5 Å². The van der Waals surface area contributed by atoms with E-state index in [-0.39, 0.29) is 24.9 Å². The van der Waals surface area contributed by atoms with Gasteiger partial charge in [-0.1, -0.05) is 6.07 Å². The van der Waals surface area contributed by atoms with E-state index in [4.69, 9.17) is 9.47 Å². The lowest BCUT2D eigenvalue weighted by Crippen LogP contribution is -2.44. The van der Waals surface area contributed by atoms with Gasteiger partial charge in [0.15, 0.2) is 0 Å². The number of piperidine rings is 1. The Morgan fingerprint density at radius 1 is 1.29 bits per heavy atom. The van der Waals surface area contributed by atoms with Crippen molar-refractivity contribution in [1.82, 2.24) is 9.62 Å². The lowest BCUT2D eigenvalue weighted by molar-refractivity contribution is -0.126. The average Bonchev–Trinajstić information content (AvgIpc) is 2.58. The van der Waals surface area contributed by atoms with Crippen LogP contribution in [0.25, 0.3) is 0 Å². The molecule has 1 heterocycles. The largest absolute Gasteiger partial charge is 0.496 e. The quantitative estimate of drug-likeness (QED) is 0.822. The Labute approximate surface area is 143 Å². The molecule has 0 spiro atoms. The molecule has 1 saturated heterocycles. The highest BCUT2D eigenvalue weighted by Gasteiger charge is 2.30. The van der Waals surface area contributed by atoms with Crippen LogP contribution >= 0.6 is 0 Å². The molecule has 1 atom stereocenters. The van der Waals surface area contributed by atoms with E-state index in [1.54, 1.807) is 26.4 Å². The van der Waals surface area contributed by atoms with Gasteiger partial charge in [-0.25, -0.2) is 12.7 Å². The Hall–Kier alpha value is -1.80. The van der Waals surface area contributed by atoms with Gasteiger partial charge in [0.05, 0.1) is 38.5 Å². The highest BCUT2D eigenvalue weighted by molar-refractivity contribution is 7.88. The van der Waals surface area contributed by atoms with E-state index in [2.05, 4.69) is 5.32 Å². The van der Waals surface area contributed by atoms with Gasteiger partial charge in [0.25, 0.3) is 0 Å². The zero-order valence-electron chi connectivity index (χ0n) is 14.2. The first-order chi connectivity index (χ1) is 11.4. The van der Waals surface area contributed by atoms with Gasteiger partial charge in [-0.05, 0) is 25.0 Å². The van der Waals surface area contributed by atoms with Gasteiger partial charge in [-0.3, -0.25) is 4.79 Å². The van der Waals surface area contributed by atoms with Crippen molar-refractivity contribution in [3.63, 3.8) is 0 Å². The van der Waals surface area contributed by atoms with Crippen LogP contribution in [0, 0.1) is 5.92 Å². The number of carbonyl (C=O) groups is 1. The number of sulfonamides is 1. The van der Waals surface area contributed by atoms with Crippen LogP contribution in [0.1, 0.15) is 18.4 Å². The molecule has 8 heteroatoms. The number of ether oxygens (including phenoxy) is 2. The van der Waals surface area contributed by atoms with E-state index in [9.17, 15) is 13.2 Å². The number of benzene rings is 1. The molecule has 1 N–H and O–H groups in total. The molecule has 7 nitrogen and oxygen atoms in total. The molecule has 2 rings (SSSR count). The molecule has 0 saturated carbocycles. The number of nitrogens with zero attached hydrogens (tertiary/aromatic N) is 1. The number of hydrogen-bond acceptors (Lipinski definition) is 5. The molecule has 1 fully saturated rings. The minimum Gasteiger partial charge on any atom is -0.496 e. The van der Waals surface area contributed by atoms with E-state index >= 15 is 0 Å². The predicted molar refractivity (Wildman–Crippen MR) is 90.5 cm³/mol. The first-order valence-corrected chi connectivity index (χ1v) is 9.64. The van der Waals surface area contributed by atoms with Crippen molar-refractivity contribution >= 4 is 15.9 Å². The van der Waals surface area contributed by atoms with Crippen molar-refractivity contribution < 1.29 is 22.7 Å². The number of carbonyl (C=O) groups excluding carboxylic acids is 1. The Bertz CT molecular complexity index is 667. The number of nitrogens with one attached hydrogen (secondary N) is 1. The maximum atomic E-state index is 12.4. The zero-order valence-corrected chi connectivity index (χ0v) is 15.1. The summed E-state index contributed by atoms with van der Waals surface area (Å²) in [6.07, 6.45) is 2.54. The third-order valence-electron chi connectivity index (χ3n) is 4.19. The third-order valence-corrected chi connectivity index (χ3v) is 5.46. The molecule has 1 aromatic rings. The van der Waals surface area contributed by atoms with E-state index in [1.807, 2.05) is 6.07 Å². The molecule has 134 valence electrons. The first-order valence-electron chi connectivity index (χ1n) is 7.79. The first kappa shape index (κ1) is 18.5. The van der Waals surface area contributed by atoms with Gasteiger partial charge < -0.3 is 14.8 Å². The molecule has 1 aliphatic rings. The number of rotatable bonds is 6. The summed E-state index contributed by atoms with van der Waals surface area (Å²) < 4.78 is 35.3. The maximum absolute atomic E-state index is 12.4. The fourth-order valence-corrected chi connectivity index (χ4v) is 3.79. The van der Waals surface area contributed by atoms with Crippen molar-refractivity contribution in [1.29, 1.82) is 0 Å². The van der Waals surface area contributed by atoms with Gasteiger partial charge in [-0.15, -0.1) is 0 Å². The fraction of sp³-hybridized carbons (Fsp3) is 0.562. The second-order valence-corrected chi connectivity index (χ2v) is 7.80. The van der Waals surface area contributed by atoms with Crippen molar-refractivity contribution in [3.05, 3.63) is 23.8 Å². The number of hydrogen-bond donors (Lipinski definition) is 1. The SMILES string of the molecule is COc1cccc(OC)c1CNC(=O)[C@@H]1CCCN(S(C)(=O)=O)C1. The topological polar surface area (TPSA) is 84.9 Å². The van der Waals surface area contributed by atoms with Crippen LogP contribution in [-0.4, -0.2) is 52.2 Å². The summed E-state index contributed by atoms with van der Waals surface area (Å²) in [7, 11) is -0.146. The Morgan fingerprint density at radius 3 is 2.46 bits per heavy atom. The van der Waals surface area contributed by atoms with Crippen LogP contribution in [0.15, 0.2) is 18.2 Å². The molecule has 0 unspecified atom stereocenters. The fourth-order valence-electron chi connectivity index (χ4n) is 2.88. The summed E-state index contributed by atoms with van der Waals surface area (Å²) in [4.78, 5) is 12.4. The Balaban J connectivity index is 2.03. The molecular weight excluding hydrogens is 332 g/mol. The van der Waals surface area contributed by atoms with E-state index in [1.165, 1.54) is 10.6 Å². The van der Waals surface area contributed by atoms with E-state index in [0.717, 1.165) is 5.56 Å². The highest BCUT2D eigenvalue weighted by atomic mass is 32.2. The van der Waals surface area contributed by atoms with Gasteiger partial charge in [0.1, 0.15) is 11.5 Å². The molecule has 1 aromatic carbocycles. The molecule has 1 aliphatic heterocycles. The zero-order chi connectivity index (χ0) is 17.7. The minimum absolute atomic E-state index is 0.156. The van der Waals surface area contributed by atoms with Crippen LogP contribution in [0.4, 0.5) is 0 Å². The van der Waals surface area contributed by atoms with Crippen LogP contribution in [0.5, 0.6) is 11.5 Å². The van der Waals surface area contributed by atoms with Crippen LogP contribution in [0.3, 0.4) is 0 Å². The third kappa shape index (κ3) is 4.39.